The Morgan fingerprint density at radius 3 is 2.48 bits per heavy atom. The van der Waals surface area contributed by atoms with Crippen molar-refractivity contribution in [1.82, 2.24) is 4.98 Å². The summed E-state index contributed by atoms with van der Waals surface area (Å²) < 4.78 is 5.15. The summed E-state index contributed by atoms with van der Waals surface area (Å²) in [6, 6.07) is 14.6. The number of aliphatic hydroxyl groups excluding tert-OH is 1. The monoisotopic (exact) mass is 434 g/mol. The third kappa shape index (κ3) is 3.66. The van der Waals surface area contributed by atoms with Gasteiger partial charge in [-0.15, -0.1) is 0 Å². The molecule has 0 bridgehead atoms. The van der Waals surface area contributed by atoms with Crippen LogP contribution in [-0.2, 0) is 9.59 Å². The van der Waals surface area contributed by atoms with Crippen LogP contribution in [0.2, 0.25) is 5.02 Å². The highest BCUT2D eigenvalue weighted by Gasteiger charge is 2.47. The van der Waals surface area contributed by atoms with Crippen molar-refractivity contribution in [2.75, 3.05) is 12.0 Å². The Kier molecular flexibility index (Phi) is 5.48. The van der Waals surface area contributed by atoms with Gasteiger partial charge < -0.3 is 9.84 Å². The van der Waals surface area contributed by atoms with Gasteiger partial charge in [-0.05, 0) is 60.5 Å². The van der Waals surface area contributed by atoms with Crippen molar-refractivity contribution >= 4 is 34.7 Å². The van der Waals surface area contributed by atoms with Gasteiger partial charge in [-0.25, -0.2) is 0 Å². The molecule has 2 heterocycles. The topological polar surface area (TPSA) is 79.7 Å². The third-order valence-electron chi connectivity index (χ3n) is 5.17. The molecule has 0 saturated carbocycles. The minimum Gasteiger partial charge on any atom is -0.507 e. The average Bonchev–Trinajstić information content (AvgIpc) is 3.04. The first-order chi connectivity index (χ1) is 14.9. The summed E-state index contributed by atoms with van der Waals surface area (Å²) >= 11 is 6.21. The second-order valence-electron chi connectivity index (χ2n) is 7.14. The predicted octanol–water partition coefficient (Wildman–Crippen LogP) is 4.68. The van der Waals surface area contributed by atoms with Crippen molar-refractivity contribution in [3.8, 4) is 5.75 Å². The molecular formula is C24H19ClN2O4. The van der Waals surface area contributed by atoms with E-state index < -0.39 is 17.7 Å². The molecule has 1 amide bonds. The number of nitrogens with zero attached hydrogens (tertiary/aromatic N) is 2. The summed E-state index contributed by atoms with van der Waals surface area (Å²) in [6.45, 7) is 1.90. The molecule has 6 nitrogen and oxygen atoms in total. The van der Waals surface area contributed by atoms with Crippen molar-refractivity contribution in [3.05, 3.63) is 94.3 Å². The van der Waals surface area contributed by atoms with E-state index in [2.05, 4.69) is 4.98 Å². The van der Waals surface area contributed by atoms with E-state index in [1.165, 1.54) is 18.1 Å². The molecule has 31 heavy (non-hydrogen) atoms. The van der Waals surface area contributed by atoms with E-state index in [1.807, 2.05) is 25.1 Å². The van der Waals surface area contributed by atoms with Crippen molar-refractivity contribution in [2.45, 2.75) is 13.0 Å². The Labute approximate surface area is 184 Å². The standard InChI is InChI=1S/C24H19ClN2O4/c1-14-4-3-5-17(12-14)27-21(15-8-10-26-11-9-15)20(23(29)24(27)30)22(28)16-6-7-19(31-2)18(25)13-16/h3-13,21,28H,1-2H3/b22-20-. The van der Waals surface area contributed by atoms with Crippen LogP contribution >= 0.6 is 11.6 Å². The van der Waals surface area contributed by atoms with Crippen LogP contribution in [0.4, 0.5) is 5.69 Å². The molecule has 1 atom stereocenters. The zero-order valence-corrected chi connectivity index (χ0v) is 17.6. The maximum Gasteiger partial charge on any atom is 0.300 e. The SMILES string of the molecule is COc1ccc(/C(O)=C2/C(=O)C(=O)N(c3cccc(C)c3)C2c2ccncc2)cc1Cl. The Morgan fingerprint density at radius 1 is 1.10 bits per heavy atom. The van der Waals surface area contributed by atoms with Crippen LogP contribution in [0.3, 0.4) is 0 Å². The summed E-state index contributed by atoms with van der Waals surface area (Å²) in [4.78, 5) is 31.6. The van der Waals surface area contributed by atoms with Crippen molar-refractivity contribution in [1.29, 1.82) is 0 Å². The lowest BCUT2D eigenvalue weighted by atomic mass is 9.95. The maximum atomic E-state index is 13.1. The van der Waals surface area contributed by atoms with Gasteiger partial charge in [0.2, 0.25) is 0 Å². The quantitative estimate of drug-likeness (QED) is 0.366. The zero-order chi connectivity index (χ0) is 22.1. The number of pyridine rings is 1. The highest BCUT2D eigenvalue weighted by molar-refractivity contribution is 6.51. The van der Waals surface area contributed by atoms with Crippen LogP contribution in [0.1, 0.15) is 22.7 Å². The summed E-state index contributed by atoms with van der Waals surface area (Å²) in [6.07, 6.45) is 3.16. The van der Waals surface area contributed by atoms with E-state index in [1.54, 1.807) is 42.7 Å². The molecule has 1 unspecified atom stereocenters. The summed E-state index contributed by atoms with van der Waals surface area (Å²) in [5.41, 5.74) is 2.45. The first kappa shape index (κ1) is 20.6. The molecule has 0 aliphatic carbocycles. The van der Waals surface area contributed by atoms with Gasteiger partial charge in [0.1, 0.15) is 11.5 Å². The second kappa shape index (κ2) is 8.24. The molecular weight excluding hydrogens is 416 g/mol. The van der Waals surface area contributed by atoms with Gasteiger partial charge in [-0.2, -0.15) is 0 Å². The van der Waals surface area contributed by atoms with Crippen molar-refractivity contribution in [3.63, 3.8) is 0 Å². The van der Waals surface area contributed by atoms with Crippen LogP contribution in [0.5, 0.6) is 5.75 Å². The van der Waals surface area contributed by atoms with Gasteiger partial charge in [0.15, 0.2) is 0 Å². The number of aromatic nitrogens is 1. The Morgan fingerprint density at radius 2 is 1.84 bits per heavy atom. The van der Waals surface area contributed by atoms with E-state index in [-0.39, 0.29) is 16.4 Å². The largest absolute Gasteiger partial charge is 0.507 e. The van der Waals surface area contributed by atoms with Crippen LogP contribution in [0.25, 0.3) is 5.76 Å². The molecule has 4 rings (SSSR count). The molecule has 1 aromatic heterocycles. The van der Waals surface area contributed by atoms with E-state index in [0.717, 1.165) is 5.56 Å². The number of carbonyl (C=O) groups is 2. The number of halogens is 1. The van der Waals surface area contributed by atoms with E-state index in [9.17, 15) is 14.7 Å². The normalized spacial score (nSPS) is 17.8. The number of aryl methyl sites for hydroxylation is 1. The first-order valence-corrected chi connectivity index (χ1v) is 9.91. The minimum atomic E-state index is -0.814. The molecule has 1 N–H and O–H groups in total. The number of anilines is 1. The molecule has 3 aromatic rings. The van der Waals surface area contributed by atoms with Gasteiger partial charge in [0.05, 0.1) is 23.7 Å². The molecule has 0 radical (unpaired) electrons. The lowest BCUT2D eigenvalue weighted by Gasteiger charge is -2.25. The fourth-order valence-corrected chi connectivity index (χ4v) is 3.96. The summed E-state index contributed by atoms with van der Waals surface area (Å²) in [5.74, 6) is -1.36. The van der Waals surface area contributed by atoms with Gasteiger partial charge in [0.25, 0.3) is 11.7 Å². The highest BCUT2D eigenvalue weighted by atomic mass is 35.5. The average molecular weight is 435 g/mol. The van der Waals surface area contributed by atoms with Crippen LogP contribution in [0, 0.1) is 6.92 Å². The zero-order valence-electron chi connectivity index (χ0n) is 16.9. The van der Waals surface area contributed by atoms with Gasteiger partial charge >= 0.3 is 0 Å². The fourth-order valence-electron chi connectivity index (χ4n) is 3.71. The third-order valence-corrected chi connectivity index (χ3v) is 5.47. The number of rotatable bonds is 4. The number of ether oxygens (including phenoxy) is 1. The molecule has 7 heteroatoms. The number of ketones is 1. The molecule has 1 saturated heterocycles. The Balaban J connectivity index is 1.93. The highest BCUT2D eigenvalue weighted by Crippen LogP contribution is 2.42. The number of carbonyl (C=O) groups excluding carboxylic acids is 2. The van der Waals surface area contributed by atoms with E-state index in [0.29, 0.717) is 22.6 Å². The Bertz CT molecular complexity index is 1210. The number of hydrogen-bond donors (Lipinski definition) is 1. The van der Waals surface area contributed by atoms with Crippen LogP contribution in [0.15, 0.2) is 72.6 Å². The fraction of sp³-hybridized carbons (Fsp3) is 0.125. The smallest absolute Gasteiger partial charge is 0.300 e. The van der Waals surface area contributed by atoms with Crippen LogP contribution < -0.4 is 9.64 Å². The van der Waals surface area contributed by atoms with E-state index >= 15 is 0 Å². The number of Topliss-reactive ketones (excluding diaryl/α,β-unsaturated/α-hetero) is 1. The molecule has 1 aliphatic rings. The van der Waals surface area contributed by atoms with Gasteiger partial charge in [-0.3, -0.25) is 19.5 Å². The number of aliphatic hydroxyl groups is 1. The number of hydrogen-bond acceptors (Lipinski definition) is 5. The maximum absolute atomic E-state index is 13.1. The summed E-state index contributed by atoms with van der Waals surface area (Å²) in [7, 11) is 1.48. The van der Waals surface area contributed by atoms with Crippen molar-refractivity contribution in [2.24, 2.45) is 0 Å². The summed E-state index contributed by atoms with van der Waals surface area (Å²) in [5, 5.41) is 11.4. The molecule has 2 aromatic carbocycles. The first-order valence-electron chi connectivity index (χ1n) is 9.54. The van der Waals surface area contributed by atoms with Gasteiger partial charge in [0, 0.05) is 23.6 Å². The molecule has 0 spiro atoms. The van der Waals surface area contributed by atoms with Crippen LogP contribution in [-0.4, -0.2) is 28.9 Å². The molecule has 1 fully saturated rings. The number of amides is 1. The van der Waals surface area contributed by atoms with Gasteiger partial charge in [-0.1, -0.05) is 23.7 Å². The molecule has 1 aliphatic heterocycles. The minimum absolute atomic E-state index is 0.0149. The lowest BCUT2D eigenvalue weighted by Crippen LogP contribution is -2.29. The number of methoxy groups -OCH3 is 1. The predicted molar refractivity (Wildman–Crippen MR) is 118 cm³/mol. The van der Waals surface area contributed by atoms with E-state index in [4.69, 9.17) is 16.3 Å². The number of benzene rings is 2. The molecule has 156 valence electrons. The Hall–Kier alpha value is -3.64. The second-order valence-corrected chi connectivity index (χ2v) is 7.55. The van der Waals surface area contributed by atoms with Crippen molar-refractivity contribution < 1.29 is 19.4 Å². The lowest BCUT2D eigenvalue weighted by molar-refractivity contribution is -0.132.